The average molecular weight is 658 g/mol. The topological polar surface area (TPSA) is 108 Å². The number of benzene rings is 2. The summed E-state index contributed by atoms with van der Waals surface area (Å²) in [6.07, 6.45) is 1.51. The summed E-state index contributed by atoms with van der Waals surface area (Å²) in [5.41, 5.74) is -0.934. The number of fused-ring (bicyclic) bond motifs is 2. The average Bonchev–Trinajstić information content (AvgIpc) is 3.43. The molecule has 4 fully saturated rings. The summed E-state index contributed by atoms with van der Waals surface area (Å²) in [4.78, 5) is 42.0. The predicted octanol–water partition coefficient (Wildman–Crippen LogP) is 5.67. The number of carbonyl (C=O) groups excluding carboxylic acids is 3. The van der Waals surface area contributed by atoms with Crippen LogP contribution in [0.5, 0.6) is 5.75 Å². The number of halogens is 4. The maximum atomic E-state index is 14.0. The predicted molar refractivity (Wildman–Crippen MR) is 165 cm³/mol. The second-order valence-electron chi connectivity index (χ2n) is 13.8. The molecule has 0 aromatic heterocycles. The van der Waals surface area contributed by atoms with E-state index in [0.717, 1.165) is 36.5 Å². The van der Waals surface area contributed by atoms with Gasteiger partial charge in [-0.05, 0) is 93.7 Å². The van der Waals surface area contributed by atoms with Gasteiger partial charge in [0.05, 0.1) is 24.2 Å². The van der Waals surface area contributed by atoms with Crippen molar-refractivity contribution in [1.82, 2.24) is 10.2 Å². The van der Waals surface area contributed by atoms with E-state index in [9.17, 15) is 37.1 Å². The van der Waals surface area contributed by atoms with Crippen LogP contribution in [0.4, 0.5) is 23.2 Å². The molecule has 3 aliphatic carbocycles. The Labute approximate surface area is 270 Å². The summed E-state index contributed by atoms with van der Waals surface area (Å²) in [7, 11) is 1.45. The molecule has 8 nitrogen and oxygen atoms in total. The van der Waals surface area contributed by atoms with E-state index in [0.29, 0.717) is 49.7 Å². The Morgan fingerprint density at radius 3 is 2.38 bits per heavy atom. The molecule has 2 unspecified atom stereocenters. The highest BCUT2D eigenvalue weighted by atomic mass is 19.4. The number of anilines is 1. The molecule has 2 aromatic rings. The second-order valence-corrected chi connectivity index (χ2v) is 13.8. The van der Waals surface area contributed by atoms with Gasteiger partial charge in [0.1, 0.15) is 17.2 Å². The minimum atomic E-state index is -4.93. The second kappa shape index (κ2) is 12.3. The van der Waals surface area contributed by atoms with Crippen LogP contribution in [0.1, 0.15) is 73.4 Å². The molecule has 4 aliphatic rings. The number of hydrogen-bond acceptors (Lipinski definition) is 5. The van der Waals surface area contributed by atoms with Crippen molar-refractivity contribution in [2.75, 3.05) is 25.5 Å². The van der Waals surface area contributed by atoms with E-state index in [1.807, 2.05) is 6.07 Å². The van der Waals surface area contributed by atoms with Gasteiger partial charge < -0.3 is 25.4 Å². The monoisotopic (exact) mass is 657 g/mol. The molecule has 1 aliphatic heterocycles. The number of allylic oxidation sites excluding steroid dienone is 1. The molecule has 2 aromatic carbocycles. The fraction of sp³-hybridized carbons (Fsp3) is 0.514. The summed E-state index contributed by atoms with van der Waals surface area (Å²) in [5, 5.41) is 15.9. The van der Waals surface area contributed by atoms with Gasteiger partial charge in [-0.3, -0.25) is 14.4 Å². The van der Waals surface area contributed by atoms with Crippen LogP contribution < -0.4 is 15.4 Å². The van der Waals surface area contributed by atoms with Gasteiger partial charge in [0.2, 0.25) is 5.91 Å². The SMILES string of the molecule is COc1ccc(C2CCN(C(=O)C(C)(C)O)C2)cc1C(=O)N[C@@H]1[C@@H]2CCC(/C2=C/C2CC2)[C@@H]1C(=O)Nc1ccc(F)c(C(F)(F)F)c1. The summed E-state index contributed by atoms with van der Waals surface area (Å²) >= 11 is 0. The van der Waals surface area contributed by atoms with Gasteiger partial charge in [-0.25, -0.2) is 4.39 Å². The molecule has 0 radical (unpaired) electrons. The number of alkyl halides is 3. The first kappa shape index (κ1) is 33.0. The van der Waals surface area contributed by atoms with Gasteiger partial charge in [0, 0.05) is 36.7 Å². The molecule has 6 rings (SSSR count). The van der Waals surface area contributed by atoms with Crippen molar-refractivity contribution < 1.29 is 41.8 Å². The first-order valence-corrected chi connectivity index (χ1v) is 16.1. The molecule has 1 heterocycles. The maximum absolute atomic E-state index is 14.0. The number of likely N-dealkylation sites (tertiary alicyclic amines) is 1. The van der Waals surface area contributed by atoms with E-state index < -0.39 is 46.9 Å². The zero-order valence-electron chi connectivity index (χ0n) is 26.5. The molecular formula is C35H39F4N3O5. The lowest BCUT2D eigenvalue weighted by molar-refractivity contribution is -0.146. The molecule has 0 spiro atoms. The van der Waals surface area contributed by atoms with E-state index in [-0.39, 0.29) is 34.9 Å². The molecule has 1 saturated heterocycles. The highest BCUT2D eigenvalue weighted by molar-refractivity contribution is 5.99. The van der Waals surface area contributed by atoms with Gasteiger partial charge >= 0.3 is 6.18 Å². The van der Waals surface area contributed by atoms with Gasteiger partial charge in [-0.1, -0.05) is 17.7 Å². The van der Waals surface area contributed by atoms with Gasteiger partial charge in [-0.2, -0.15) is 13.2 Å². The van der Waals surface area contributed by atoms with Gasteiger partial charge in [-0.15, -0.1) is 0 Å². The standard InChI is InChI=1S/C35H39F4N3O5/c1-34(2,46)33(45)42-13-12-20(17-42)19-6-11-28(47-3)25(15-19)31(43)41-30-23-9-8-22(24(23)14-18-4-5-18)29(30)32(44)40-21-7-10-27(36)26(16-21)35(37,38)39/h6-7,10-11,14-16,18,20,22-23,29-30,46H,4-5,8-9,12-13,17H2,1-3H3,(H,40,44)(H,41,43)/b24-14-/t20?,22?,23-,29+,30-/m1/s1. The summed E-state index contributed by atoms with van der Waals surface area (Å²) in [6, 6.07) is 7.03. The molecule has 5 atom stereocenters. The van der Waals surface area contributed by atoms with Crippen LogP contribution in [0.25, 0.3) is 0 Å². The van der Waals surface area contributed by atoms with Crippen molar-refractivity contribution in [3.05, 3.63) is 70.6 Å². The van der Waals surface area contributed by atoms with E-state index >= 15 is 0 Å². The van der Waals surface area contributed by atoms with E-state index in [1.54, 1.807) is 17.0 Å². The van der Waals surface area contributed by atoms with E-state index in [1.165, 1.54) is 21.0 Å². The Morgan fingerprint density at radius 2 is 1.72 bits per heavy atom. The molecule has 2 bridgehead atoms. The zero-order chi connectivity index (χ0) is 33.8. The molecule has 47 heavy (non-hydrogen) atoms. The Kier molecular flexibility index (Phi) is 8.61. The van der Waals surface area contributed by atoms with Crippen molar-refractivity contribution >= 4 is 23.4 Å². The third-order valence-corrected chi connectivity index (χ3v) is 10.0. The Balaban J connectivity index is 1.25. The number of ether oxygens (including phenoxy) is 1. The molecule has 12 heteroatoms. The molecule has 3 N–H and O–H groups in total. The number of amides is 3. The Hall–Kier alpha value is -3.93. The van der Waals surface area contributed by atoms with Gasteiger partial charge in [0.25, 0.3) is 11.8 Å². The largest absolute Gasteiger partial charge is 0.496 e. The minimum absolute atomic E-state index is 0.0647. The fourth-order valence-corrected chi connectivity index (χ4v) is 7.60. The lowest BCUT2D eigenvalue weighted by atomic mass is 9.83. The number of aliphatic hydroxyl groups is 1. The number of nitrogens with zero attached hydrogens (tertiary/aromatic N) is 1. The number of carbonyl (C=O) groups is 3. The Morgan fingerprint density at radius 1 is 1.00 bits per heavy atom. The van der Waals surface area contributed by atoms with Crippen LogP contribution in [-0.2, 0) is 15.8 Å². The summed E-state index contributed by atoms with van der Waals surface area (Å²) in [6.45, 7) is 3.76. The molecule has 3 saturated carbocycles. The van der Waals surface area contributed by atoms with Crippen LogP contribution in [0.2, 0.25) is 0 Å². The molecule has 3 amide bonds. The summed E-state index contributed by atoms with van der Waals surface area (Å²) < 4.78 is 59.6. The third-order valence-electron chi connectivity index (χ3n) is 10.0. The van der Waals surface area contributed by atoms with Crippen LogP contribution in [0.3, 0.4) is 0 Å². The first-order valence-electron chi connectivity index (χ1n) is 16.1. The molecular weight excluding hydrogens is 618 g/mol. The first-order chi connectivity index (χ1) is 22.2. The van der Waals surface area contributed by atoms with Gasteiger partial charge in [0.15, 0.2) is 0 Å². The smallest absolute Gasteiger partial charge is 0.419 e. The van der Waals surface area contributed by atoms with Crippen LogP contribution in [0.15, 0.2) is 48.0 Å². The quantitative estimate of drug-likeness (QED) is 0.251. The molecule has 252 valence electrons. The number of rotatable bonds is 8. The van der Waals surface area contributed by atoms with Crippen molar-refractivity contribution in [2.24, 2.45) is 23.7 Å². The fourth-order valence-electron chi connectivity index (χ4n) is 7.60. The maximum Gasteiger partial charge on any atom is 0.419 e. The normalized spacial score (nSPS) is 26.5. The van der Waals surface area contributed by atoms with Crippen LogP contribution in [0, 0.1) is 29.5 Å². The van der Waals surface area contributed by atoms with E-state index in [2.05, 4.69) is 16.7 Å². The lowest BCUT2D eigenvalue weighted by Gasteiger charge is -2.30. The number of nitrogens with one attached hydrogen (secondary N) is 2. The minimum Gasteiger partial charge on any atom is -0.496 e. The highest BCUT2D eigenvalue weighted by Crippen LogP contribution is 2.54. The highest BCUT2D eigenvalue weighted by Gasteiger charge is 2.55. The van der Waals surface area contributed by atoms with Crippen LogP contribution in [-0.4, -0.2) is 59.6 Å². The van der Waals surface area contributed by atoms with Crippen molar-refractivity contribution in [3.63, 3.8) is 0 Å². The van der Waals surface area contributed by atoms with Crippen molar-refractivity contribution in [3.8, 4) is 5.75 Å². The van der Waals surface area contributed by atoms with Crippen LogP contribution >= 0.6 is 0 Å². The number of methoxy groups -OCH3 is 1. The Bertz CT molecular complexity index is 1610. The zero-order valence-corrected chi connectivity index (χ0v) is 26.5. The number of hydrogen-bond donors (Lipinski definition) is 3. The van der Waals surface area contributed by atoms with E-state index in [4.69, 9.17) is 4.74 Å². The van der Waals surface area contributed by atoms with Crippen molar-refractivity contribution in [2.45, 2.75) is 69.7 Å². The third kappa shape index (κ3) is 6.61. The van der Waals surface area contributed by atoms with Crippen molar-refractivity contribution in [1.29, 1.82) is 0 Å². The summed E-state index contributed by atoms with van der Waals surface area (Å²) in [5.74, 6) is -3.12. The lowest BCUT2D eigenvalue weighted by Crippen LogP contribution is -2.48.